The molecule has 0 amide bonds. The molecule has 0 radical (unpaired) electrons. The predicted octanol–water partition coefficient (Wildman–Crippen LogP) is 6.73. The fraction of sp³-hybridized carbons (Fsp3) is 0.333. The zero-order valence-corrected chi connectivity index (χ0v) is 18.1. The number of unbranched alkanes of at least 4 members (excludes halogenated alkanes) is 2. The summed E-state index contributed by atoms with van der Waals surface area (Å²) in [7, 11) is 1.61. The van der Waals surface area contributed by atoms with Gasteiger partial charge in [-0.05, 0) is 54.5 Å². The van der Waals surface area contributed by atoms with Crippen molar-refractivity contribution >= 4 is 28.4 Å². The number of benzene rings is 2. The molecule has 0 aliphatic carbocycles. The molecule has 0 aliphatic rings. The van der Waals surface area contributed by atoms with Crippen LogP contribution in [0.25, 0.3) is 10.9 Å². The summed E-state index contributed by atoms with van der Waals surface area (Å²) in [6.07, 6.45) is 0.859. The molecule has 1 heterocycles. The van der Waals surface area contributed by atoms with Gasteiger partial charge in [0.1, 0.15) is 11.5 Å². The number of nitrogens with zero attached hydrogens (tertiary/aromatic N) is 1. The van der Waals surface area contributed by atoms with Crippen LogP contribution in [-0.2, 0) is 17.4 Å². The van der Waals surface area contributed by atoms with Crippen molar-refractivity contribution in [1.82, 2.24) is 4.98 Å². The molecule has 3 nitrogen and oxygen atoms in total. The summed E-state index contributed by atoms with van der Waals surface area (Å²) >= 11 is 1.61. The van der Waals surface area contributed by atoms with Gasteiger partial charge in [-0.1, -0.05) is 24.6 Å². The van der Waals surface area contributed by atoms with Gasteiger partial charge in [-0.15, -0.1) is 11.8 Å². The quantitative estimate of drug-likeness (QED) is 0.255. The molecule has 0 fully saturated rings. The number of fused-ring (bicyclic) bond motifs is 1. The van der Waals surface area contributed by atoms with Gasteiger partial charge >= 0.3 is 6.18 Å². The molecule has 7 heteroatoms. The molecule has 0 N–H and O–H groups in total. The minimum absolute atomic E-state index is 0.221. The van der Waals surface area contributed by atoms with E-state index in [2.05, 4.69) is 4.98 Å². The van der Waals surface area contributed by atoms with Gasteiger partial charge in [0, 0.05) is 29.3 Å². The minimum Gasteiger partial charge on any atom is -0.497 e. The van der Waals surface area contributed by atoms with Crippen molar-refractivity contribution in [3.63, 3.8) is 0 Å². The van der Waals surface area contributed by atoms with Gasteiger partial charge in [0.2, 0.25) is 0 Å². The van der Waals surface area contributed by atoms with Crippen LogP contribution in [0.3, 0.4) is 0 Å². The van der Waals surface area contributed by atoms with E-state index in [9.17, 15) is 18.0 Å². The second kappa shape index (κ2) is 10.7. The van der Waals surface area contributed by atoms with E-state index in [4.69, 9.17) is 4.74 Å². The van der Waals surface area contributed by atoms with Crippen LogP contribution < -0.4 is 4.74 Å². The van der Waals surface area contributed by atoms with Crippen LogP contribution in [0.1, 0.15) is 36.8 Å². The average molecular weight is 448 g/mol. The van der Waals surface area contributed by atoms with Crippen LogP contribution in [-0.4, -0.2) is 23.6 Å². The molecule has 0 atom stereocenters. The number of thioether (sulfide) groups is 1. The molecule has 0 unspecified atom stereocenters. The Balaban J connectivity index is 1.41. The maximum absolute atomic E-state index is 12.9. The monoisotopic (exact) mass is 447 g/mol. The summed E-state index contributed by atoms with van der Waals surface area (Å²) in [5.41, 5.74) is 0.650. The minimum atomic E-state index is -4.37. The Labute approximate surface area is 184 Å². The second-order valence-corrected chi connectivity index (χ2v) is 8.40. The molecule has 0 spiro atoms. The number of carbonyl (C=O) groups is 1. The smallest absolute Gasteiger partial charge is 0.416 e. The van der Waals surface area contributed by atoms with Gasteiger partial charge in [0.15, 0.2) is 0 Å². The van der Waals surface area contributed by atoms with Gasteiger partial charge in [0.25, 0.3) is 0 Å². The Kier molecular flexibility index (Phi) is 7.96. The molecule has 3 aromatic rings. The van der Waals surface area contributed by atoms with E-state index in [1.165, 1.54) is 6.07 Å². The number of carbonyl (C=O) groups excluding carboxylic acids is 1. The lowest BCUT2D eigenvalue weighted by Gasteiger charge is -2.10. The van der Waals surface area contributed by atoms with Crippen LogP contribution in [0.2, 0.25) is 0 Å². The van der Waals surface area contributed by atoms with E-state index in [0.29, 0.717) is 18.4 Å². The Bertz CT molecular complexity index is 1020. The second-order valence-electron chi connectivity index (χ2n) is 7.26. The number of aromatic nitrogens is 1. The van der Waals surface area contributed by atoms with E-state index >= 15 is 0 Å². The summed E-state index contributed by atoms with van der Waals surface area (Å²) < 4.78 is 43.8. The topological polar surface area (TPSA) is 39.2 Å². The van der Waals surface area contributed by atoms with Gasteiger partial charge in [-0.3, -0.25) is 9.78 Å². The first-order valence-electron chi connectivity index (χ1n) is 10.1. The molecular formula is C24H24F3NO2S. The van der Waals surface area contributed by atoms with Gasteiger partial charge < -0.3 is 4.74 Å². The number of alkyl halides is 3. The number of ketones is 1. The van der Waals surface area contributed by atoms with Crippen LogP contribution in [0.15, 0.2) is 59.6 Å². The SMILES string of the molecule is COc1ccc(CC(=O)CCCCCSc2ccnc3cc(C(F)(F)F)ccc23)cc1. The van der Waals surface area contributed by atoms with E-state index in [1.807, 2.05) is 30.3 Å². The fourth-order valence-corrected chi connectivity index (χ4v) is 4.32. The number of hydrogen-bond donors (Lipinski definition) is 0. The van der Waals surface area contributed by atoms with E-state index in [0.717, 1.165) is 58.7 Å². The molecule has 1 aromatic heterocycles. The van der Waals surface area contributed by atoms with Crippen LogP contribution in [0, 0.1) is 0 Å². The van der Waals surface area contributed by atoms with Crippen molar-refractivity contribution in [1.29, 1.82) is 0 Å². The molecule has 3 rings (SSSR count). The van der Waals surface area contributed by atoms with Crippen LogP contribution in [0.4, 0.5) is 13.2 Å². The molecule has 0 saturated heterocycles. The van der Waals surface area contributed by atoms with E-state index in [-0.39, 0.29) is 5.78 Å². The number of pyridine rings is 1. The highest BCUT2D eigenvalue weighted by atomic mass is 32.2. The molecule has 31 heavy (non-hydrogen) atoms. The highest BCUT2D eigenvalue weighted by Crippen LogP contribution is 2.34. The Morgan fingerprint density at radius 1 is 1.03 bits per heavy atom. The van der Waals surface area contributed by atoms with E-state index < -0.39 is 11.7 Å². The first kappa shape index (κ1) is 23.1. The molecule has 0 bridgehead atoms. The molecule has 0 aliphatic heterocycles. The normalized spacial score (nSPS) is 11.6. The number of Topliss-reactive ketones (excluding diaryl/α,β-unsaturated/α-hetero) is 1. The maximum atomic E-state index is 12.9. The Morgan fingerprint density at radius 2 is 1.81 bits per heavy atom. The summed E-state index contributed by atoms with van der Waals surface area (Å²) in [6, 6.07) is 13.0. The van der Waals surface area contributed by atoms with Gasteiger partial charge in [-0.25, -0.2) is 0 Å². The van der Waals surface area contributed by atoms with Crippen molar-refractivity contribution in [2.45, 2.75) is 43.2 Å². The fourth-order valence-electron chi connectivity index (χ4n) is 3.27. The van der Waals surface area contributed by atoms with Crippen molar-refractivity contribution in [3.8, 4) is 5.75 Å². The number of halogens is 3. The third kappa shape index (κ3) is 6.72. The lowest BCUT2D eigenvalue weighted by Crippen LogP contribution is -2.04. The number of hydrogen-bond acceptors (Lipinski definition) is 4. The van der Waals surface area contributed by atoms with Crippen LogP contribution in [0.5, 0.6) is 5.75 Å². The summed E-state index contributed by atoms with van der Waals surface area (Å²) in [4.78, 5) is 17.1. The van der Waals surface area contributed by atoms with Crippen molar-refractivity contribution < 1.29 is 22.7 Å². The van der Waals surface area contributed by atoms with Gasteiger partial charge in [-0.2, -0.15) is 13.2 Å². The Morgan fingerprint density at radius 3 is 2.52 bits per heavy atom. The zero-order valence-electron chi connectivity index (χ0n) is 17.2. The van der Waals surface area contributed by atoms with Gasteiger partial charge in [0.05, 0.1) is 18.2 Å². The van der Waals surface area contributed by atoms with Crippen molar-refractivity contribution in [3.05, 3.63) is 65.9 Å². The molecular weight excluding hydrogens is 423 g/mol. The van der Waals surface area contributed by atoms with Crippen LogP contribution >= 0.6 is 11.8 Å². The third-order valence-electron chi connectivity index (χ3n) is 4.95. The van der Waals surface area contributed by atoms with Crippen molar-refractivity contribution in [2.24, 2.45) is 0 Å². The number of methoxy groups -OCH3 is 1. The summed E-state index contributed by atoms with van der Waals surface area (Å²) in [5, 5.41) is 0.732. The maximum Gasteiger partial charge on any atom is 0.416 e. The van der Waals surface area contributed by atoms with Crippen molar-refractivity contribution in [2.75, 3.05) is 12.9 Å². The molecule has 164 valence electrons. The lowest BCUT2D eigenvalue weighted by molar-refractivity contribution is -0.137. The lowest BCUT2D eigenvalue weighted by atomic mass is 10.0. The highest BCUT2D eigenvalue weighted by Gasteiger charge is 2.30. The largest absolute Gasteiger partial charge is 0.497 e. The third-order valence-corrected chi connectivity index (χ3v) is 6.11. The first-order valence-corrected chi connectivity index (χ1v) is 11.1. The average Bonchev–Trinajstić information content (AvgIpc) is 2.75. The first-order chi connectivity index (χ1) is 14.9. The molecule has 2 aromatic carbocycles. The highest BCUT2D eigenvalue weighted by molar-refractivity contribution is 7.99. The Hall–Kier alpha value is -2.54. The summed E-state index contributed by atoms with van der Waals surface area (Å²) in [5.74, 6) is 1.84. The molecule has 0 saturated carbocycles. The zero-order chi connectivity index (χ0) is 22.3. The standard InChI is InChI=1S/C24H24F3NO2S/c1-30-20-9-6-17(7-10-20)15-19(29)5-3-2-4-14-31-23-12-13-28-22-16-18(24(25,26)27)8-11-21(22)23/h6-13,16H,2-5,14-15H2,1H3. The number of ether oxygens (including phenoxy) is 1. The van der Waals surface area contributed by atoms with E-state index in [1.54, 1.807) is 25.1 Å². The predicted molar refractivity (Wildman–Crippen MR) is 118 cm³/mol. The summed E-state index contributed by atoms with van der Waals surface area (Å²) in [6.45, 7) is 0. The number of rotatable bonds is 10.